The predicted molar refractivity (Wildman–Crippen MR) is 107 cm³/mol. The summed E-state index contributed by atoms with van der Waals surface area (Å²) in [4.78, 5) is 38.3. The van der Waals surface area contributed by atoms with Crippen LogP contribution >= 0.6 is 0 Å². The maximum atomic E-state index is 13.1. The fourth-order valence-electron chi connectivity index (χ4n) is 4.90. The van der Waals surface area contributed by atoms with Crippen LogP contribution in [0.3, 0.4) is 0 Å². The lowest BCUT2D eigenvalue weighted by atomic mass is 9.75. The lowest BCUT2D eigenvalue weighted by molar-refractivity contribution is -0.150. The molecule has 0 amide bonds. The van der Waals surface area contributed by atoms with Crippen LogP contribution in [0.5, 0.6) is 5.75 Å². The third-order valence-corrected chi connectivity index (χ3v) is 6.31. The minimum absolute atomic E-state index is 0.0150. The van der Waals surface area contributed by atoms with Gasteiger partial charge >= 0.3 is 5.97 Å². The van der Waals surface area contributed by atoms with E-state index in [1.807, 2.05) is 18.2 Å². The lowest BCUT2D eigenvalue weighted by Crippen LogP contribution is -2.36. The van der Waals surface area contributed by atoms with Crippen molar-refractivity contribution < 1.29 is 23.9 Å². The SMILES string of the molecule is COc1ccc(C(=O)COC(=O)[C@H]2[C@H]3CC[C@@H](C3)[C@@H]2C(=O)c2ccccc2)cc1. The number of carbonyl (C=O) groups is 3. The highest BCUT2D eigenvalue weighted by Gasteiger charge is 2.54. The number of hydrogen-bond donors (Lipinski definition) is 0. The molecular weight excluding hydrogens is 368 g/mol. The number of carbonyl (C=O) groups excluding carboxylic acids is 3. The van der Waals surface area contributed by atoms with Gasteiger partial charge in [-0.2, -0.15) is 0 Å². The number of fused-ring (bicyclic) bond motifs is 2. The molecule has 2 aliphatic carbocycles. The summed E-state index contributed by atoms with van der Waals surface area (Å²) in [6, 6.07) is 15.8. The first-order valence-corrected chi connectivity index (χ1v) is 10.0. The molecular formula is C24H24O5. The van der Waals surface area contributed by atoms with Crippen LogP contribution < -0.4 is 4.74 Å². The minimum atomic E-state index is -0.454. The van der Waals surface area contributed by atoms with Crippen molar-refractivity contribution in [3.8, 4) is 5.75 Å². The van der Waals surface area contributed by atoms with Gasteiger partial charge in [-0.15, -0.1) is 0 Å². The number of Topliss-reactive ketones (excluding diaryl/α,β-unsaturated/α-hetero) is 2. The van der Waals surface area contributed by atoms with E-state index in [4.69, 9.17) is 9.47 Å². The largest absolute Gasteiger partial charge is 0.497 e. The number of ether oxygens (including phenoxy) is 2. The van der Waals surface area contributed by atoms with Gasteiger partial charge < -0.3 is 9.47 Å². The summed E-state index contributed by atoms with van der Waals surface area (Å²) in [5.74, 6) is -0.430. The third-order valence-electron chi connectivity index (χ3n) is 6.31. The van der Waals surface area contributed by atoms with E-state index >= 15 is 0 Å². The zero-order chi connectivity index (χ0) is 20.4. The van der Waals surface area contributed by atoms with Gasteiger partial charge in [0, 0.05) is 17.0 Å². The van der Waals surface area contributed by atoms with Gasteiger partial charge in [0.05, 0.1) is 13.0 Å². The number of esters is 1. The molecule has 0 saturated heterocycles. The topological polar surface area (TPSA) is 69.7 Å². The predicted octanol–water partition coefficient (Wildman–Crippen LogP) is 3.97. The molecule has 2 fully saturated rings. The van der Waals surface area contributed by atoms with Gasteiger partial charge in [-0.3, -0.25) is 14.4 Å². The lowest BCUT2D eigenvalue weighted by Gasteiger charge is -2.28. The smallest absolute Gasteiger partial charge is 0.310 e. The molecule has 0 heterocycles. The van der Waals surface area contributed by atoms with Crippen LogP contribution in [0.25, 0.3) is 0 Å². The van der Waals surface area contributed by atoms with Gasteiger partial charge in [0.1, 0.15) is 5.75 Å². The Hall–Kier alpha value is -2.95. The molecule has 0 unspecified atom stereocenters. The van der Waals surface area contributed by atoms with E-state index in [2.05, 4.69) is 0 Å². The monoisotopic (exact) mass is 392 g/mol. The maximum absolute atomic E-state index is 13.1. The quantitative estimate of drug-likeness (QED) is 0.527. The van der Waals surface area contributed by atoms with Crippen molar-refractivity contribution in [2.24, 2.45) is 23.7 Å². The second kappa shape index (κ2) is 8.19. The minimum Gasteiger partial charge on any atom is -0.497 e. The van der Waals surface area contributed by atoms with E-state index in [9.17, 15) is 14.4 Å². The number of hydrogen-bond acceptors (Lipinski definition) is 5. The number of benzene rings is 2. The average Bonchev–Trinajstić information content (AvgIpc) is 3.39. The summed E-state index contributed by atoms with van der Waals surface area (Å²) in [5.41, 5.74) is 1.10. The molecule has 2 bridgehead atoms. The van der Waals surface area contributed by atoms with Gasteiger partial charge in [0.2, 0.25) is 0 Å². The van der Waals surface area contributed by atoms with Crippen molar-refractivity contribution in [3.05, 3.63) is 65.7 Å². The van der Waals surface area contributed by atoms with E-state index in [1.165, 1.54) is 0 Å². The molecule has 4 atom stereocenters. The second-order valence-corrected chi connectivity index (χ2v) is 7.87. The molecule has 0 N–H and O–H groups in total. The Bertz CT molecular complexity index is 903. The van der Waals surface area contributed by atoms with Crippen LogP contribution in [0.2, 0.25) is 0 Å². The van der Waals surface area contributed by atoms with Crippen molar-refractivity contribution in [2.75, 3.05) is 13.7 Å². The molecule has 2 aromatic rings. The molecule has 0 spiro atoms. The van der Waals surface area contributed by atoms with Crippen LogP contribution in [-0.4, -0.2) is 31.3 Å². The highest BCUT2D eigenvalue weighted by Crippen LogP contribution is 2.53. The fraction of sp³-hybridized carbons (Fsp3) is 0.375. The van der Waals surface area contributed by atoms with Gasteiger partial charge in [0.25, 0.3) is 0 Å². The first kappa shape index (κ1) is 19.4. The van der Waals surface area contributed by atoms with Crippen molar-refractivity contribution >= 4 is 17.5 Å². The summed E-state index contributed by atoms with van der Waals surface area (Å²) in [6.07, 6.45) is 2.80. The van der Waals surface area contributed by atoms with Crippen molar-refractivity contribution in [1.82, 2.24) is 0 Å². The average molecular weight is 392 g/mol. The first-order chi connectivity index (χ1) is 14.1. The molecule has 29 heavy (non-hydrogen) atoms. The molecule has 2 saturated carbocycles. The highest BCUT2D eigenvalue weighted by atomic mass is 16.5. The number of ketones is 2. The zero-order valence-corrected chi connectivity index (χ0v) is 16.4. The fourth-order valence-corrected chi connectivity index (χ4v) is 4.90. The van der Waals surface area contributed by atoms with E-state index in [-0.39, 0.29) is 35.9 Å². The van der Waals surface area contributed by atoms with Gasteiger partial charge in [-0.1, -0.05) is 30.3 Å². The molecule has 0 aliphatic heterocycles. The molecule has 2 aliphatic rings. The Labute approximate surface area is 170 Å². The van der Waals surface area contributed by atoms with E-state index in [1.54, 1.807) is 43.5 Å². The summed E-state index contributed by atoms with van der Waals surface area (Å²) < 4.78 is 10.5. The third kappa shape index (κ3) is 3.82. The van der Waals surface area contributed by atoms with Crippen LogP contribution in [0.4, 0.5) is 0 Å². The standard InChI is InChI=1S/C24H24O5/c1-28-19-11-9-15(10-12-19)20(25)14-29-24(27)22-18-8-7-17(13-18)21(22)23(26)16-5-3-2-4-6-16/h2-6,9-12,17-18,21-22H,7-8,13-14H2,1H3/t17-,18-,21-,22-/m0/s1. The van der Waals surface area contributed by atoms with E-state index in [0.29, 0.717) is 16.9 Å². The Morgan fingerprint density at radius 2 is 1.52 bits per heavy atom. The van der Waals surface area contributed by atoms with Gasteiger partial charge in [-0.25, -0.2) is 0 Å². The van der Waals surface area contributed by atoms with Crippen molar-refractivity contribution in [1.29, 1.82) is 0 Å². The Balaban J connectivity index is 1.43. The maximum Gasteiger partial charge on any atom is 0.310 e. The van der Waals surface area contributed by atoms with Crippen molar-refractivity contribution in [3.63, 3.8) is 0 Å². The zero-order valence-electron chi connectivity index (χ0n) is 16.4. The number of methoxy groups -OCH3 is 1. The van der Waals surface area contributed by atoms with E-state index < -0.39 is 11.9 Å². The van der Waals surface area contributed by atoms with Crippen LogP contribution in [0.1, 0.15) is 40.0 Å². The first-order valence-electron chi connectivity index (χ1n) is 10.0. The highest BCUT2D eigenvalue weighted by molar-refractivity contribution is 6.01. The summed E-state index contributed by atoms with van der Waals surface area (Å²) in [6.45, 7) is -0.314. The van der Waals surface area contributed by atoms with Crippen LogP contribution in [0.15, 0.2) is 54.6 Å². The normalized spacial score (nSPS) is 24.9. The van der Waals surface area contributed by atoms with Gasteiger partial charge in [0.15, 0.2) is 18.2 Å². The van der Waals surface area contributed by atoms with E-state index in [0.717, 1.165) is 19.3 Å². The van der Waals surface area contributed by atoms with Crippen molar-refractivity contribution in [2.45, 2.75) is 19.3 Å². The second-order valence-electron chi connectivity index (χ2n) is 7.87. The molecule has 5 nitrogen and oxygen atoms in total. The molecule has 5 heteroatoms. The van der Waals surface area contributed by atoms with Gasteiger partial charge in [-0.05, 0) is 55.4 Å². The molecule has 0 radical (unpaired) electrons. The molecule has 0 aromatic heterocycles. The summed E-state index contributed by atoms with van der Waals surface area (Å²) in [5, 5.41) is 0. The van der Waals surface area contributed by atoms with Crippen LogP contribution in [-0.2, 0) is 9.53 Å². The Morgan fingerprint density at radius 1 is 0.862 bits per heavy atom. The molecule has 4 rings (SSSR count). The molecule has 150 valence electrons. The Morgan fingerprint density at radius 3 is 2.17 bits per heavy atom. The number of rotatable bonds is 7. The Kier molecular flexibility index (Phi) is 5.47. The molecule has 2 aromatic carbocycles. The summed E-state index contributed by atoms with van der Waals surface area (Å²) >= 11 is 0. The summed E-state index contributed by atoms with van der Waals surface area (Å²) in [7, 11) is 1.56. The van der Waals surface area contributed by atoms with Crippen LogP contribution in [0, 0.1) is 23.7 Å².